The lowest BCUT2D eigenvalue weighted by molar-refractivity contribution is -0.122. The second-order valence-corrected chi connectivity index (χ2v) is 5.66. The first-order valence-corrected chi connectivity index (χ1v) is 7.46. The Morgan fingerprint density at radius 2 is 2.14 bits per heavy atom. The molecular formula is C16H22N2O4. The molecule has 0 saturated heterocycles. The summed E-state index contributed by atoms with van der Waals surface area (Å²) in [7, 11) is 3.32. The summed E-state index contributed by atoms with van der Waals surface area (Å²) in [4.78, 5) is 24.3. The highest BCUT2D eigenvalue weighted by Crippen LogP contribution is 2.39. The quantitative estimate of drug-likeness (QED) is 0.845. The van der Waals surface area contributed by atoms with Crippen molar-refractivity contribution in [3.8, 4) is 5.88 Å². The van der Waals surface area contributed by atoms with Gasteiger partial charge in [0.1, 0.15) is 5.76 Å². The van der Waals surface area contributed by atoms with Crippen molar-refractivity contribution < 1.29 is 19.4 Å². The summed E-state index contributed by atoms with van der Waals surface area (Å²) in [5.74, 6) is -0.290. The van der Waals surface area contributed by atoms with Crippen LogP contribution in [0.25, 0.3) is 0 Å². The number of aromatic nitrogens is 2. The predicted molar refractivity (Wildman–Crippen MR) is 81.0 cm³/mol. The number of Topliss-reactive ketones (excluding diaryl/α,β-unsaturated/α-hetero) is 2. The molecule has 1 aliphatic rings. The molecule has 0 aromatic carbocycles. The van der Waals surface area contributed by atoms with Crippen molar-refractivity contribution in [3.63, 3.8) is 0 Å². The molecule has 1 aliphatic carbocycles. The molecule has 1 aromatic heterocycles. The van der Waals surface area contributed by atoms with Crippen LogP contribution in [0.4, 0.5) is 0 Å². The smallest absolute Gasteiger partial charge is 0.215 e. The Balaban J connectivity index is 2.36. The molecule has 22 heavy (non-hydrogen) atoms. The van der Waals surface area contributed by atoms with E-state index in [0.717, 1.165) is 11.3 Å². The second kappa shape index (κ2) is 6.34. The molecule has 1 unspecified atom stereocenters. The lowest BCUT2D eigenvalue weighted by Crippen LogP contribution is -2.24. The van der Waals surface area contributed by atoms with E-state index in [1.807, 2.05) is 13.8 Å². The van der Waals surface area contributed by atoms with Gasteiger partial charge < -0.3 is 9.84 Å². The Labute approximate surface area is 129 Å². The topological polar surface area (TPSA) is 81.4 Å². The van der Waals surface area contributed by atoms with E-state index in [9.17, 15) is 14.7 Å². The van der Waals surface area contributed by atoms with Crippen molar-refractivity contribution in [1.82, 2.24) is 9.78 Å². The maximum absolute atomic E-state index is 12.3. The second-order valence-electron chi connectivity index (χ2n) is 5.66. The highest BCUT2D eigenvalue weighted by Gasteiger charge is 2.35. The first kappa shape index (κ1) is 16.3. The van der Waals surface area contributed by atoms with Crippen molar-refractivity contribution in [3.05, 3.63) is 22.6 Å². The minimum Gasteiger partial charge on any atom is -0.511 e. The zero-order valence-corrected chi connectivity index (χ0v) is 13.5. The average molecular weight is 306 g/mol. The van der Waals surface area contributed by atoms with Crippen LogP contribution in [-0.4, -0.2) is 33.6 Å². The molecule has 2 rings (SSSR count). The van der Waals surface area contributed by atoms with Crippen LogP contribution in [0.2, 0.25) is 0 Å². The van der Waals surface area contributed by atoms with Gasteiger partial charge in [0.2, 0.25) is 5.88 Å². The standard InChI is InChI=1S/C16H22N2O4/c1-5-6-11(19)15-12(20)7-10(8-13(15)21)14-9(2)17-18(3)16(14)22-4/h10,20H,5-8H2,1-4H3. The highest BCUT2D eigenvalue weighted by atomic mass is 16.5. The van der Waals surface area contributed by atoms with E-state index >= 15 is 0 Å². The maximum atomic E-state index is 12.3. The third kappa shape index (κ3) is 2.77. The molecule has 1 heterocycles. The molecule has 0 aliphatic heterocycles. The number of carbonyl (C=O) groups excluding carboxylic acids is 2. The molecule has 0 spiro atoms. The Morgan fingerprint density at radius 1 is 1.45 bits per heavy atom. The van der Waals surface area contributed by atoms with Crippen LogP contribution in [-0.2, 0) is 16.6 Å². The number of aliphatic hydroxyl groups is 1. The molecular weight excluding hydrogens is 284 g/mol. The van der Waals surface area contributed by atoms with Gasteiger partial charge in [0.25, 0.3) is 0 Å². The van der Waals surface area contributed by atoms with Crippen LogP contribution in [0.1, 0.15) is 49.8 Å². The minimum atomic E-state index is -0.294. The van der Waals surface area contributed by atoms with Crippen LogP contribution in [0.5, 0.6) is 5.88 Å². The van der Waals surface area contributed by atoms with Gasteiger partial charge in [-0.2, -0.15) is 5.10 Å². The first-order valence-electron chi connectivity index (χ1n) is 7.46. The van der Waals surface area contributed by atoms with Crippen LogP contribution in [0.15, 0.2) is 11.3 Å². The summed E-state index contributed by atoms with van der Waals surface area (Å²) < 4.78 is 6.98. The summed E-state index contributed by atoms with van der Waals surface area (Å²) in [6.45, 7) is 3.72. The van der Waals surface area contributed by atoms with Crippen LogP contribution in [0, 0.1) is 6.92 Å². The van der Waals surface area contributed by atoms with Gasteiger partial charge in [-0.1, -0.05) is 6.92 Å². The Morgan fingerprint density at radius 3 is 2.68 bits per heavy atom. The third-order valence-electron chi connectivity index (χ3n) is 4.01. The average Bonchev–Trinajstić information content (AvgIpc) is 2.72. The van der Waals surface area contributed by atoms with Crippen LogP contribution in [0.3, 0.4) is 0 Å². The van der Waals surface area contributed by atoms with Gasteiger partial charge in [-0.3, -0.25) is 9.59 Å². The number of aryl methyl sites for hydroxylation is 2. The molecule has 0 bridgehead atoms. The van der Waals surface area contributed by atoms with Crippen molar-refractivity contribution >= 4 is 11.6 Å². The van der Waals surface area contributed by atoms with Crippen molar-refractivity contribution in [2.24, 2.45) is 7.05 Å². The highest BCUT2D eigenvalue weighted by molar-refractivity contribution is 6.21. The number of ether oxygens (including phenoxy) is 1. The number of ketones is 2. The summed E-state index contributed by atoms with van der Waals surface area (Å²) in [6, 6.07) is 0. The number of allylic oxidation sites excluding steroid dienone is 2. The zero-order valence-electron chi connectivity index (χ0n) is 13.5. The fourth-order valence-corrected chi connectivity index (χ4v) is 3.13. The number of carbonyl (C=O) groups is 2. The Hall–Kier alpha value is -2.11. The van der Waals surface area contributed by atoms with E-state index < -0.39 is 0 Å². The van der Waals surface area contributed by atoms with Gasteiger partial charge in [-0.05, 0) is 13.3 Å². The number of nitrogens with zero attached hydrogens (tertiary/aromatic N) is 2. The minimum absolute atomic E-state index is 0.0152. The Bertz CT molecular complexity index is 643. The molecule has 0 fully saturated rings. The molecule has 1 atom stereocenters. The number of hydrogen-bond acceptors (Lipinski definition) is 5. The van der Waals surface area contributed by atoms with Gasteiger partial charge >= 0.3 is 0 Å². The van der Waals surface area contributed by atoms with E-state index in [1.165, 1.54) is 0 Å². The van der Waals surface area contributed by atoms with Crippen molar-refractivity contribution in [1.29, 1.82) is 0 Å². The van der Waals surface area contributed by atoms with Gasteiger partial charge in [-0.15, -0.1) is 0 Å². The summed E-state index contributed by atoms with van der Waals surface area (Å²) in [5.41, 5.74) is 1.58. The molecule has 6 nitrogen and oxygen atoms in total. The van der Waals surface area contributed by atoms with Gasteiger partial charge in [0.15, 0.2) is 11.6 Å². The molecule has 1 aromatic rings. The summed E-state index contributed by atoms with van der Waals surface area (Å²) in [5, 5.41) is 14.5. The number of methoxy groups -OCH3 is 1. The normalized spacial score (nSPS) is 18.7. The molecule has 1 N–H and O–H groups in total. The monoisotopic (exact) mass is 306 g/mol. The molecule has 6 heteroatoms. The maximum Gasteiger partial charge on any atom is 0.215 e. The first-order chi connectivity index (χ1) is 10.4. The van der Waals surface area contributed by atoms with E-state index in [-0.39, 0.29) is 48.1 Å². The van der Waals surface area contributed by atoms with Crippen LogP contribution < -0.4 is 4.74 Å². The van der Waals surface area contributed by atoms with Gasteiger partial charge in [-0.25, -0.2) is 4.68 Å². The number of hydrogen-bond donors (Lipinski definition) is 1. The molecule has 120 valence electrons. The van der Waals surface area contributed by atoms with E-state index in [4.69, 9.17) is 4.74 Å². The summed E-state index contributed by atoms with van der Waals surface area (Å²) >= 11 is 0. The zero-order chi connectivity index (χ0) is 16.4. The SMILES string of the molecule is CCCC(=O)C1=C(O)CC(c2c(C)nn(C)c2OC)CC1=O. The van der Waals surface area contributed by atoms with E-state index in [1.54, 1.807) is 18.8 Å². The van der Waals surface area contributed by atoms with E-state index in [0.29, 0.717) is 12.3 Å². The fourth-order valence-electron chi connectivity index (χ4n) is 3.13. The molecule has 0 saturated carbocycles. The summed E-state index contributed by atoms with van der Waals surface area (Å²) in [6.07, 6.45) is 1.39. The van der Waals surface area contributed by atoms with Gasteiger partial charge in [0.05, 0.1) is 18.4 Å². The number of rotatable bonds is 5. The van der Waals surface area contributed by atoms with Gasteiger partial charge in [0, 0.05) is 37.8 Å². The third-order valence-corrected chi connectivity index (χ3v) is 4.01. The largest absolute Gasteiger partial charge is 0.511 e. The molecule has 0 amide bonds. The predicted octanol–water partition coefficient (Wildman–Crippen LogP) is 2.36. The molecule has 0 radical (unpaired) electrons. The number of aliphatic hydroxyl groups excluding tert-OH is 1. The van der Waals surface area contributed by atoms with Crippen molar-refractivity contribution in [2.45, 2.75) is 45.4 Å². The van der Waals surface area contributed by atoms with E-state index in [2.05, 4.69) is 5.10 Å². The van der Waals surface area contributed by atoms with Crippen LogP contribution >= 0.6 is 0 Å². The lowest BCUT2D eigenvalue weighted by Gasteiger charge is -2.23. The fraction of sp³-hybridized carbons (Fsp3) is 0.562. The van der Waals surface area contributed by atoms with Crippen molar-refractivity contribution in [2.75, 3.05) is 7.11 Å². The Kier molecular flexibility index (Phi) is 4.68. The lowest BCUT2D eigenvalue weighted by atomic mass is 9.81.